The highest BCUT2D eigenvalue weighted by Crippen LogP contribution is 2.28. The molecule has 1 saturated heterocycles. The Labute approximate surface area is 110 Å². The Morgan fingerprint density at radius 2 is 2.17 bits per heavy atom. The number of furan rings is 1. The smallest absolute Gasteiger partial charge is 0.0947 e. The fraction of sp³-hybridized carbons (Fsp3) is 0.714. The molecular weight excluding hydrogens is 226 g/mol. The van der Waals surface area contributed by atoms with E-state index in [9.17, 15) is 0 Å². The normalized spacial score (nSPS) is 20.4. The molecule has 0 saturated carbocycles. The molecule has 0 aromatic carbocycles. The van der Waals surface area contributed by atoms with Gasteiger partial charge in [0.15, 0.2) is 0 Å². The van der Waals surface area contributed by atoms with E-state index in [-0.39, 0.29) is 5.54 Å². The van der Waals surface area contributed by atoms with Gasteiger partial charge in [0.05, 0.1) is 12.5 Å². The highest BCUT2D eigenvalue weighted by atomic mass is 16.3. The first kappa shape index (κ1) is 13.6. The van der Waals surface area contributed by atoms with E-state index in [0.717, 1.165) is 45.6 Å². The van der Waals surface area contributed by atoms with Gasteiger partial charge in [-0.3, -0.25) is 4.90 Å². The molecule has 2 rings (SSSR count). The van der Waals surface area contributed by atoms with E-state index in [1.807, 2.05) is 12.3 Å². The quantitative estimate of drug-likeness (QED) is 0.862. The third-order valence-electron chi connectivity index (χ3n) is 4.42. The molecule has 0 aliphatic carbocycles. The van der Waals surface area contributed by atoms with Gasteiger partial charge in [0.1, 0.15) is 0 Å². The van der Waals surface area contributed by atoms with Gasteiger partial charge in [-0.15, -0.1) is 0 Å². The number of nitrogens with two attached hydrogens (primary N) is 1. The van der Waals surface area contributed by atoms with Crippen molar-refractivity contribution in [3.63, 3.8) is 0 Å². The van der Waals surface area contributed by atoms with Crippen molar-refractivity contribution in [1.29, 1.82) is 0 Å². The summed E-state index contributed by atoms with van der Waals surface area (Å²) in [5.74, 6) is 0. The summed E-state index contributed by atoms with van der Waals surface area (Å²) < 4.78 is 5.14. The average Bonchev–Trinajstić information content (AvgIpc) is 2.91. The van der Waals surface area contributed by atoms with Gasteiger partial charge in [-0.05, 0) is 45.6 Å². The number of piperidine rings is 1. The molecule has 0 atom stereocenters. The van der Waals surface area contributed by atoms with Crippen molar-refractivity contribution < 1.29 is 4.42 Å². The minimum atomic E-state index is 0.156. The van der Waals surface area contributed by atoms with Gasteiger partial charge < -0.3 is 15.1 Å². The number of hydrogen-bond donors (Lipinski definition) is 1. The van der Waals surface area contributed by atoms with Crippen LogP contribution in [0.3, 0.4) is 0 Å². The predicted octanol–water partition coefficient (Wildman–Crippen LogP) is 1.52. The second-order valence-corrected chi connectivity index (χ2v) is 5.35. The molecule has 1 aliphatic heterocycles. The lowest BCUT2D eigenvalue weighted by Gasteiger charge is -2.46. The second-order valence-electron chi connectivity index (χ2n) is 5.35. The van der Waals surface area contributed by atoms with Gasteiger partial charge in [0.25, 0.3) is 0 Å². The molecule has 2 heterocycles. The van der Waals surface area contributed by atoms with Gasteiger partial charge in [-0.1, -0.05) is 6.92 Å². The highest BCUT2D eigenvalue weighted by molar-refractivity contribution is 5.07. The van der Waals surface area contributed by atoms with Crippen molar-refractivity contribution in [2.75, 3.05) is 33.2 Å². The van der Waals surface area contributed by atoms with Crippen molar-refractivity contribution in [3.05, 3.63) is 24.2 Å². The van der Waals surface area contributed by atoms with E-state index in [1.165, 1.54) is 5.56 Å². The summed E-state index contributed by atoms with van der Waals surface area (Å²) in [6, 6.07) is 2.03. The first-order valence-electron chi connectivity index (χ1n) is 6.85. The van der Waals surface area contributed by atoms with Crippen LogP contribution < -0.4 is 5.73 Å². The maximum atomic E-state index is 6.07. The Morgan fingerprint density at radius 1 is 1.44 bits per heavy atom. The SMILES string of the molecule is CCN1CCC(CN)(N(C)Cc2ccoc2)CC1. The van der Waals surface area contributed by atoms with Crippen LogP contribution in [-0.4, -0.2) is 48.6 Å². The highest BCUT2D eigenvalue weighted by Gasteiger charge is 2.36. The summed E-state index contributed by atoms with van der Waals surface area (Å²) in [5.41, 5.74) is 7.45. The molecule has 0 unspecified atom stereocenters. The van der Waals surface area contributed by atoms with Crippen LogP contribution in [0.25, 0.3) is 0 Å². The molecule has 18 heavy (non-hydrogen) atoms. The van der Waals surface area contributed by atoms with Gasteiger partial charge in [-0.25, -0.2) is 0 Å². The largest absolute Gasteiger partial charge is 0.472 e. The van der Waals surface area contributed by atoms with E-state index >= 15 is 0 Å². The molecule has 0 spiro atoms. The zero-order valence-corrected chi connectivity index (χ0v) is 11.6. The molecule has 2 N–H and O–H groups in total. The van der Waals surface area contributed by atoms with Crippen molar-refractivity contribution in [1.82, 2.24) is 9.80 Å². The molecule has 4 nitrogen and oxygen atoms in total. The number of hydrogen-bond acceptors (Lipinski definition) is 4. The van der Waals surface area contributed by atoms with E-state index < -0.39 is 0 Å². The fourth-order valence-corrected chi connectivity index (χ4v) is 2.85. The van der Waals surface area contributed by atoms with E-state index in [1.54, 1.807) is 6.26 Å². The molecule has 0 amide bonds. The van der Waals surface area contributed by atoms with Crippen LogP contribution >= 0.6 is 0 Å². The maximum absolute atomic E-state index is 6.07. The molecule has 0 bridgehead atoms. The summed E-state index contributed by atoms with van der Waals surface area (Å²) in [6.07, 6.45) is 5.87. The first-order valence-corrected chi connectivity index (χ1v) is 6.85. The van der Waals surface area contributed by atoms with Crippen molar-refractivity contribution in [3.8, 4) is 0 Å². The van der Waals surface area contributed by atoms with Gasteiger partial charge in [0, 0.05) is 24.2 Å². The molecule has 1 fully saturated rings. The third kappa shape index (κ3) is 2.76. The maximum Gasteiger partial charge on any atom is 0.0947 e. The number of likely N-dealkylation sites (tertiary alicyclic amines) is 1. The average molecular weight is 251 g/mol. The van der Waals surface area contributed by atoms with Crippen LogP contribution in [0.1, 0.15) is 25.3 Å². The number of rotatable bonds is 5. The Balaban J connectivity index is 1.99. The monoisotopic (exact) mass is 251 g/mol. The summed E-state index contributed by atoms with van der Waals surface area (Å²) in [4.78, 5) is 4.91. The van der Waals surface area contributed by atoms with Crippen molar-refractivity contribution in [2.45, 2.75) is 31.8 Å². The minimum Gasteiger partial charge on any atom is -0.472 e. The van der Waals surface area contributed by atoms with E-state index in [4.69, 9.17) is 10.2 Å². The summed E-state index contributed by atoms with van der Waals surface area (Å²) >= 11 is 0. The Bertz CT molecular complexity index is 342. The molecule has 102 valence electrons. The zero-order chi connectivity index (χ0) is 13.0. The standard InChI is InChI=1S/C14H25N3O/c1-3-17-7-5-14(12-15,6-8-17)16(2)10-13-4-9-18-11-13/h4,9,11H,3,5-8,10,12,15H2,1-2H3. The summed E-state index contributed by atoms with van der Waals surface area (Å²) in [5, 5.41) is 0. The van der Waals surface area contributed by atoms with Crippen LogP contribution in [0.2, 0.25) is 0 Å². The summed E-state index contributed by atoms with van der Waals surface area (Å²) in [6.45, 7) is 7.34. The topological polar surface area (TPSA) is 45.6 Å². The van der Waals surface area contributed by atoms with Crippen LogP contribution in [0.15, 0.2) is 23.0 Å². The van der Waals surface area contributed by atoms with Gasteiger partial charge in [-0.2, -0.15) is 0 Å². The lowest BCUT2D eigenvalue weighted by atomic mass is 9.85. The zero-order valence-electron chi connectivity index (χ0n) is 11.6. The fourth-order valence-electron chi connectivity index (χ4n) is 2.85. The molecule has 0 radical (unpaired) electrons. The van der Waals surface area contributed by atoms with Crippen LogP contribution in [0.4, 0.5) is 0 Å². The molecule has 1 aromatic rings. The van der Waals surface area contributed by atoms with Gasteiger partial charge >= 0.3 is 0 Å². The van der Waals surface area contributed by atoms with E-state index in [0.29, 0.717) is 0 Å². The summed E-state index contributed by atoms with van der Waals surface area (Å²) in [7, 11) is 2.18. The van der Waals surface area contributed by atoms with Crippen molar-refractivity contribution in [2.24, 2.45) is 5.73 Å². The van der Waals surface area contributed by atoms with Crippen LogP contribution in [0, 0.1) is 0 Å². The minimum absolute atomic E-state index is 0.156. The lowest BCUT2D eigenvalue weighted by molar-refractivity contribution is 0.0418. The molecule has 1 aromatic heterocycles. The lowest BCUT2D eigenvalue weighted by Crippen LogP contribution is -2.57. The Morgan fingerprint density at radius 3 is 2.67 bits per heavy atom. The third-order valence-corrected chi connectivity index (χ3v) is 4.42. The Kier molecular flexibility index (Phi) is 4.43. The Hall–Kier alpha value is -0.840. The predicted molar refractivity (Wildman–Crippen MR) is 73.3 cm³/mol. The number of likely N-dealkylation sites (N-methyl/N-ethyl adjacent to an activating group) is 1. The number of nitrogens with zero attached hydrogens (tertiary/aromatic N) is 2. The van der Waals surface area contributed by atoms with Crippen molar-refractivity contribution >= 4 is 0 Å². The van der Waals surface area contributed by atoms with Gasteiger partial charge in [0.2, 0.25) is 0 Å². The molecule has 1 aliphatic rings. The molecule has 4 heteroatoms. The van der Waals surface area contributed by atoms with Crippen LogP contribution in [-0.2, 0) is 6.54 Å². The van der Waals surface area contributed by atoms with E-state index in [2.05, 4.69) is 23.8 Å². The first-order chi connectivity index (χ1) is 8.70. The molecular formula is C14H25N3O. The van der Waals surface area contributed by atoms with Crippen LogP contribution in [0.5, 0.6) is 0 Å². The second kappa shape index (κ2) is 5.87.